The van der Waals surface area contributed by atoms with E-state index in [0.717, 1.165) is 11.4 Å². The molecular weight excluding hydrogens is 262 g/mol. The fraction of sp³-hybridized carbons (Fsp3) is 0.308. The minimum atomic E-state index is 0.375. The lowest BCUT2D eigenvalue weighted by Crippen LogP contribution is -2.23. The summed E-state index contributed by atoms with van der Waals surface area (Å²) in [5.41, 5.74) is 2.16. The Morgan fingerprint density at radius 1 is 1.47 bits per heavy atom. The van der Waals surface area contributed by atoms with Gasteiger partial charge in [-0.2, -0.15) is 5.26 Å². The topological polar surface area (TPSA) is 66.5 Å². The maximum absolute atomic E-state index is 8.83. The number of aromatic nitrogens is 3. The third kappa shape index (κ3) is 3.11. The summed E-state index contributed by atoms with van der Waals surface area (Å²) in [6.45, 7) is 4.80. The Balaban J connectivity index is 2.32. The van der Waals surface area contributed by atoms with Gasteiger partial charge in [0.15, 0.2) is 0 Å². The molecule has 19 heavy (non-hydrogen) atoms. The van der Waals surface area contributed by atoms with Crippen molar-refractivity contribution in [2.75, 3.05) is 0 Å². The van der Waals surface area contributed by atoms with Gasteiger partial charge in [-0.1, -0.05) is 30.7 Å². The number of halogens is 1. The fourth-order valence-corrected chi connectivity index (χ4v) is 1.90. The van der Waals surface area contributed by atoms with E-state index in [0.29, 0.717) is 23.2 Å². The van der Waals surface area contributed by atoms with Gasteiger partial charge >= 0.3 is 0 Å². The molecule has 6 heteroatoms. The van der Waals surface area contributed by atoms with Crippen molar-refractivity contribution in [3.05, 3.63) is 40.7 Å². The Bertz CT molecular complexity index is 612. The van der Waals surface area contributed by atoms with Gasteiger partial charge in [0.1, 0.15) is 0 Å². The van der Waals surface area contributed by atoms with Crippen LogP contribution in [0, 0.1) is 11.3 Å². The predicted molar refractivity (Wildman–Crippen MR) is 73.1 cm³/mol. The minimum Gasteiger partial charge on any atom is -0.309 e. The summed E-state index contributed by atoms with van der Waals surface area (Å²) in [6, 6.07) is 7.53. The fourth-order valence-electron chi connectivity index (χ4n) is 1.64. The maximum Gasteiger partial charge on any atom is 0.0992 e. The highest BCUT2D eigenvalue weighted by Gasteiger charge is 2.10. The first kappa shape index (κ1) is 13.5. The molecule has 1 aromatic carbocycles. The van der Waals surface area contributed by atoms with Crippen LogP contribution >= 0.6 is 11.6 Å². The number of benzene rings is 1. The smallest absolute Gasteiger partial charge is 0.0992 e. The molecular formula is C13H14ClN5. The first-order chi connectivity index (χ1) is 9.11. The van der Waals surface area contributed by atoms with Crippen molar-refractivity contribution in [1.82, 2.24) is 20.3 Å². The maximum atomic E-state index is 8.83. The molecule has 1 N–H and O–H groups in total. The summed E-state index contributed by atoms with van der Waals surface area (Å²) in [6.07, 6.45) is 1.70. The van der Waals surface area contributed by atoms with Crippen molar-refractivity contribution in [3.8, 4) is 11.8 Å². The predicted octanol–water partition coefficient (Wildman–Crippen LogP) is 2.29. The molecule has 0 aliphatic rings. The normalized spacial score (nSPS) is 10.7. The molecule has 0 aliphatic heterocycles. The van der Waals surface area contributed by atoms with Crippen LogP contribution in [0.3, 0.4) is 0 Å². The molecule has 98 valence electrons. The molecule has 2 aromatic rings. The van der Waals surface area contributed by atoms with E-state index >= 15 is 0 Å². The van der Waals surface area contributed by atoms with Crippen LogP contribution in [0.25, 0.3) is 5.69 Å². The largest absolute Gasteiger partial charge is 0.309 e. The molecule has 1 aromatic heterocycles. The molecule has 0 fully saturated rings. The molecule has 0 aliphatic carbocycles. The number of nitriles is 1. The first-order valence-electron chi connectivity index (χ1n) is 5.95. The van der Waals surface area contributed by atoms with Crippen molar-refractivity contribution in [2.24, 2.45) is 0 Å². The average Bonchev–Trinajstić information content (AvgIpc) is 2.84. The highest BCUT2D eigenvalue weighted by molar-refractivity contribution is 6.32. The number of nitrogens with zero attached hydrogens (tertiary/aromatic N) is 4. The quantitative estimate of drug-likeness (QED) is 0.930. The standard InChI is InChI=1S/C13H14ClN5/c1-9(2)16-7-11-8-17-18-19(11)13-4-3-10(6-15)5-12(13)14/h3-5,8-9,16H,7H2,1-2H3. The molecule has 0 unspecified atom stereocenters. The van der Waals surface area contributed by atoms with Crippen molar-refractivity contribution < 1.29 is 0 Å². The van der Waals surface area contributed by atoms with Crippen molar-refractivity contribution in [2.45, 2.75) is 26.4 Å². The number of hydrogen-bond donors (Lipinski definition) is 1. The van der Waals surface area contributed by atoms with Gasteiger partial charge in [0.2, 0.25) is 0 Å². The summed E-state index contributed by atoms with van der Waals surface area (Å²) in [5.74, 6) is 0. The lowest BCUT2D eigenvalue weighted by Gasteiger charge is -2.10. The Hall–Kier alpha value is -1.90. The van der Waals surface area contributed by atoms with E-state index in [1.54, 1.807) is 29.1 Å². The van der Waals surface area contributed by atoms with E-state index in [2.05, 4.69) is 35.5 Å². The van der Waals surface area contributed by atoms with Crippen molar-refractivity contribution in [1.29, 1.82) is 5.26 Å². The van der Waals surface area contributed by atoms with Gasteiger partial charge in [0.05, 0.1) is 34.2 Å². The minimum absolute atomic E-state index is 0.375. The van der Waals surface area contributed by atoms with Crippen LogP contribution in [0.4, 0.5) is 0 Å². The molecule has 1 heterocycles. The van der Waals surface area contributed by atoms with Gasteiger partial charge in [-0.3, -0.25) is 0 Å². The third-order valence-electron chi connectivity index (χ3n) is 2.62. The third-order valence-corrected chi connectivity index (χ3v) is 2.92. The molecule has 0 atom stereocenters. The van der Waals surface area contributed by atoms with Crippen LogP contribution in [-0.4, -0.2) is 21.0 Å². The van der Waals surface area contributed by atoms with Crippen LogP contribution in [0.15, 0.2) is 24.4 Å². The molecule has 0 spiro atoms. The van der Waals surface area contributed by atoms with E-state index in [4.69, 9.17) is 16.9 Å². The van der Waals surface area contributed by atoms with Crippen molar-refractivity contribution >= 4 is 11.6 Å². The van der Waals surface area contributed by atoms with Crippen LogP contribution < -0.4 is 5.32 Å². The highest BCUT2D eigenvalue weighted by atomic mass is 35.5. The van der Waals surface area contributed by atoms with E-state index in [1.807, 2.05) is 0 Å². The van der Waals surface area contributed by atoms with Crippen LogP contribution in [0.2, 0.25) is 5.02 Å². The van der Waals surface area contributed by atoms with Gasteiger partial charge in [0, 0.05) is 12.6 Å². The Labute approximate surface area is 116 Å². The van der Waals surface area contributed by atoms with Gasteiger partial charge in [-0.05, 0) is 18.2 Å². The van der Waals surface area contributed by atoms with Crippen LogP contribution in [0.5, 0.6) is 0 Å². The van der Waals surface area contributed by atoms with Gasteiger partial charge < -0.3 is 5.32 Å². The zero-order valence-corrected chi connectivity index (χ0v) is 11.5. The Kier molecular flexibility index (Phi) is 4.15. The lowest BCUT2D eigenvalue weighted by atomic mass is 10.2. The van der Waals surface area contributed by atoms with E-state index in [-0.39, 0.29) is 0 Å². The Morgan fingerprint density at radius 2 is 2.26 bits per heavy atom. The average molecular weight is 276 g/mol. The van der Waals surface area contributed by atoms with E-state index in [9.17, 15) is 0 Å². The molecule has 0 saturated heterocycles. The zero-order chi connectivity index (χ0) is 13.8. The molecule has 2 rings (SSSR count). The highest BCUT2D eigenvalue weighted by Crippen LogP contribution is 2.22. The zero-order valence-electron chi connectivity index (χ0n) is 10.8. The molecule has 5 nitrogen and oxygen atoms in total. The summed E-state index contributed by atoms with van der Waals surface area (Å²) in [7, 11) is 0. The molecule has 0 bridgehead atoms. The van der Waals surface area contributed by atoms with Crippen LogP contribution in [0.1, 0.15) is 25.1 Å². The summed E-state index contributed by atoms with van der Waals surface area (Å²) in [5, 5.41) is 20.6. The number of rotatable bonds is 4. The Morgan fingerprint density at radius 3 is 2.89 bits per heavy atom. The van der Waals surface area contributed by atoms with Crippen molar-refractivity contribution in [3.63, 3.8) is 0 Å². The lowest BCUT2D eigenvalue weighted by molar-refractivity contribution is 0.570. The second kappa shape index (κ2) is 5.83. The summed E-state index contributed by atoms with van der Waals surface area (Å²) < 4.78 is 1.68. The van der Waals surface area contributed by atoms with Gasteiger partial charge in [-0.15, -0.1) is 5.10 Å². The molecule has 0 saturated carbocycles. The molecule has 0 radical (unpaired) electrons. The van der Waals surface area contributed by atoms with Gasteiger partial charge in [0.25, 0.3) is 0 Å². The SMILES string of the molecule is CC(C)NCc1cnnn1-c1ccc(C#N)cc1Cl. The first-order valence-corrected chi connectivity index (χ1v) is 6.32. The summed E-state index contributed by atoms with van der Waals surface area (Å²) in [4.78, 5) is 0. The second-order valence-electron chi connectivity index (χ2n) is 4.45. The second-order valence-corrected chi connectivity index (χ2v) is 4.86. The van der Waals surface area contributed by atoms with Gasteiger partial charge in [-0.25, -0.2) is 4.68 Å². The monoisotopic (exact) mass is 275 g/mol. The molecule has 0 amide bonds. The summed E-state index contributed by atoms with van der Waals surface area (Å²) >= 11 is 6.17. The van der Waals surface area contributed by atoms with E-state index < -0.39 is 0 Å². The number of nitrogens with one attached hydrogen (secondary N) is 1. The van der Waals surface area contributed by atoms with Crippen LogP contribution in [-0.2, 0) is 6.54 Å². The number of hydrogen-bond acceptors (Lipinski definition) is 4. The van der Waals surface area contributed by atoms with E-state index in [1.165, 1.54) is 0 Å².